The molecule has 1 aliphatic heterocycles. The molecule has 2 aliphatic rings. The molecule has 1 fully saturated rings. The fraction of sp³-hybridized carbons (Fsp3) is 0.538. The Labute approximate surface area is 94.6 Å². The Bertz CT molecular complexity index is 430. The zero-order valence-corrected chi connectivity index (χ0v) is 9.37. The molecule has 86 valence electrons. The van der Waals surface area contributed by atoms with Crippen LogP contribution < -0.4 is 10.5 Å². The van der Waals surface area contributed by atoms with Gasteiger partial charge in [-0.2, -0.15) is 0 Å². The van der Waals surface area contributed by atoms with Crippen molar-refractivity contribution in [3.63, 3.8) is 0 Å². The molecule has 0 spiro atoms. The van der Waals surface area contributed by atoms with Crippen LogP contribution in [0.2, 0.25) is 0 Å². The molecular weight excluding hydrogens is 205 g/mol. The monoisotopic (exact) mass is 221 g/mol. The second-order valence-corrected chi connectivity index (χ2v) is 5.18. The van der Waals surface area contributed by atoms with Gasteiger partial charge in [0.25, 0.3) is 0 Å². The molecule has 0 aromatic heterocycles. The fourth-order valence-corrected chi connectivity index (χ4v) is 2.69. The summed E-state index contributed by atoms with van der Waals surface area (Å²) < 4.78 is 19.1. The summed E-state index contributed by atoms with van der Waals surface area (Å²) in [4.78, 5) is 0. The van der Waals surface area contributed by atoms with E-state index in [0.29, 0.717) is 5.92 Å². The molecule has 0 amide bonds. The lowest BCUT2D eigenvalue weighted by Gasteiger charge is -2.39. The van der Waals surface area contributed by atoms with Gasteiger partial charge in [-0.25, -0.2) is 4.39 Å². The summed E-state index contributed by atoms with van der Waals surface area (Å²) in [5.74, 6) is 1.14. The molecule has 1 aliphatic carbocycles. The molecule has 2 nitrogen and oxygen atoms in total. The minimum atomic E-state index is -0.243. The molecule has 1 aromatic rings. The van der Waals surface area contributed by atoms with Crippen LogP contribution in [0.25, 0.3) is 0 Å². The maximum absolute atomic E-state index is 13.1. The molecule has 2 atom stereocenters. The quantitative estimate of drug-likeness (QED) is 0.791. The highest BCUT2D eigenvalue weighted by Crippen LogP contribution is 2.49. The van der Waals surface area contributed by atoms with Crippen LogP contribution in [0.5, 0.6) is 5.75 Å². The molecule has 1 saturated carbocycles. The van der Waals surface area contributed by atoms with Gasteiger partial charge < -0.3 is 10.5 Å². The van der Waals surface area contributed by atoms with Crippen molar-refractivity contribution in [3.8, 4) is 5.75 Å². The number of nitrogens with two attached hydrogens (primary N) is 1. The second-order valence-electron chi connectivity index (χ2n) is 5.18. The molecule has 3 heteroatoms. The summed E-state index contributed by atoms with van der Waals surface area (Å²) in [6.07, 6.45) is 3.23. The third-order valence-electron chi connectivity index (χ3n) is 3.78. The number of benzene rings is 1. The van der Waals surface area contributed by atoms with Gasteiger partial charge in [-0.05, 0) is 43.9 Å². The summed E-state index contributed by atoms with van der Waals surface area (Å²) >= 11 is 0. The molecule has 1 aromatic carbocycles. The van der Waals surface area contributed by atoms with Crippen molar-refractivity contribution in [3.05, 3.63) is 29.6 Å². The topological polar surface area (TPSA) is 35.2 Å². The lowest BCUT2D eigenvalue weighted by molar-refractivity contribution is 0.0322. The zero-order chi connectivity index (χ0) is 11.3. The SMILES string of the molecule is CC1(C2CC2)C[C@@H](N)c2cc(F)ccc2O1. The molecule has 3 rings (SSSR count). The number of hydrogen-bond donors (Lipinski definition) is 1. The van der Waals surface area contributed by atoms with Gasteiger partial charge in [-0.15, -0.1) is 0 Å². The second kappa shape index (κ2) is 3.20. The maximum Gasteiger partial charge on any atom is 0.125 e. The minimum absolute atomic E-state index is 0.106. The number of halogens is 1. The van der Waals surface area contributed by atoms with Crippen molar-refractivity contribution < 1.29 is 9.13 Å². The van der Waals surface area contributed by atoms with Crippen molar-refractivity contribution >= 4 is 0 Å². The van der Waals surface area contributed by atoms with E-state index >= 15 is 0 Å². The van der Waals surface area contributed by atoms with E-state index in [1.165, 1.54) is 25.0 Å². The van der Waals surface area contributed by atoms with Gasteiger partial charge >= 0.3 is 0 Å². The number of rotatable bonds is 1. The van der Waals surface area contributed by atoms with E-state index in [9.17, 15) is 4.39 Å². The Morgan fingerprint density at radius 3 is 2.88 bits per heavy atom. The summed E-state index contributed by atoms with van der Waals surface area (Å²) in [5, 5.41) is 0. The third-order valence-corrected chi connectivity index (χ3v) is 3.78. The van der Waals surface area contributed by atoms with Crippen molar-refractivity contribution in [2.75, 3.05) is 0 Å². The van der Waals surface area contributed by atoms with E-state index in [1.54, 1.807) is 6.07 Å². The smallest absolute Gasteiger partial charge is 0.125 e. The average molecular weight is 221 g/mol. The lowest BCUT2D eigenvalue weighted by atomic mass is 9.85. The van der Waals surface area contributed by atoms with Crippen LogP contribution in [0, 0.1) is 11.7 Å². The van der Waals surface area contributed by atoms with E-state index in [4.69, 9.17) is 10.5 Å². The Balaban J connectivity index is 1.99. The summed E-state index contributed by atoms with van der Waals surface area (Å²) in [5.41, 5.74) is 6.76. The Morgan fingerprint density at radius 2 is 2.19 bits per heavy atom. The van der Waals surface area contributed by atoms with Crippen molar-refractivity contribution in [2.24, 2.45) is 11.7 Å². The minimum Gasteiger partial charge on any atom is -0.487 e. The van der Waals surface area contributed by atoms with Gasteiger partial charge in [0.2, 0.25) is 0 Å². The van der Waals surface area contributed by atoms with Crippen LogP contribution >= 0.6 is 0 Å². The van der Waals surface area contributed by atoms with Crippen LogP contribution in [0.4, 0.5) is 4.39 Å². The van der Waals surface area contributed by atoms with Crippen molar-refractivity contribution in [2.45, 2.75) is 37.8 Å². The van der Waals surface area contributed by atoms with Crippen molar-refractivity contribution in [1.82, 2.24) is 0 Å². The highest BCUT2D eigenvalue weighted by molar-refractivity contribution is 5.39. The van der Waals surface area contributed by atoms with Gasteiger partial charge in [0.15, 0.2) is 0 Å². The maximum atomic E-state index is 13.1. The summed E-state index contributed by atoms with van der Waals surface area (Å²) in [7, 11) is 0. The zero-order valence-electron chi connectivity index (χ0n) is 9.37. The first kappa shape index (κ1) is 10.1. The van der Waals surface area contributed by atoms with E-state index in [2.05, 4.69) is 6.92 Å². The highest BCUT2D eigenvalue weighted by Gasteiger charge is 2.47. The molecule has 1 heterocycles. The first-order chi connectivity index (χ1) is 7.58. The number of fused-ring (bicyclic) bond motifs is 1. The fourth-order valence-electron chi connectivity index (χ4n) is 2.69. The molecule has 16 heavy (non-hydrogen) atoms. The van der Waals surface area contributed by atoms with Crippen LogP contribution in [0.1, 0.15) is 37.8 Å². The van der Waals surface area contributed by atoms with Gasteiger partial charge in [-0.3, -0.25) is 0 Å². The predicted octanol–water partition coefficient (Wildman–Crippen LogP) is 2.78. The summed E-state index contributed by atoms with van der Waals surface area (Å²) in [6.45, 7) is 2.12. The van der Waals surface area contributed by atoms with Gasteiger partial charge in [0, 0.05) is 18.0 Å². The van der Waals surface area contributed by atoms with Gasteiger partial charge in [0.05, 0.1) is 0 Å². The largest absolute Gasteiger partial charge is 0.487 e. The van der Waals surface area contributed by atoms with Crippen LogP contribution in [0.15, 0.2) is 18.2 Å². The standard InChI is InChI=1S/C13H16FNO/c1-13(8-2-3-8)7-11(15)10-6-9(14)4-5-12(10)16-13/h4-6,8,11H,2-3,7,15H2,1H3/t11-,13?/m1/s1. The van der Waals surface area contributed by atoms with Crippen molar-refractivity contribution in [1.29, 1.82) is 0 Å². The van der Waals surface area contributed by atoms with Crippen LogP contribution in [-0.2, 0) is 0 Å². The molecule has 0 bridgehead atoms. The molecular formula is C13H16FNO. The average Bonchev–Trinajstić information content (AvgIpc) is 3.03. The molecule has 0 saturated heterocycles. The van der Waals surface area contributed by atoms with E-state index in [1.807, 2.05) is 0 Å². The predicted molar refractivity (Wildman–Crippen MR) is 59.7 cm³/mol. The van der Waals surface area contributed by atoms with E-state index in [-0.39, 0.29) is 17.5 Å². The van der Waals surface area contributed by atoms with Gasteiger partial charge in [0.1, 0.15) is 17.2 Å². The Morgan fingerprint density at radius 1 is 1.44 bits per heavy atom. The number of ether oxygens (including phenoxy) is 1. The van der Waals surface area contributed by atoms with Crippen LogP contribution in [-0.4, -0.2) is 5.60 Å². The highest BCUT2D eigenvalue weighted by atomic mass is 19.1. The Kier molecular flexibility index (Phi) is 2.02. The number of hydrogen-bond acceptors (Lipinski definition) is 2. The lowest BCUT2D eigenvalue weighted by Crippen LogP contribution is -2.42. The van der Waals surface area contributed by atoms with E-state index in [0.717, 1.165) is 17.7 Å². The molecule has 0 radical (unpaired) electrons. The molecule has 1 unspecified atom stereocenters. The van der Waals surface area contributed by atoms with E-state index < -0.39 is 0 Å². The van der Waals surface area contributed by atoms with Crippen LogP contribution in [0.3, 0.4) is 0 Å². The first-order valence-corrected chi connectivity index (χ1v) is 5.82. The summed E-state index contributed by atoms with van der Waals surface area (Å²) in [6, 6.07) is 4.52. The van der Waals surface area contributed by atoms with Gasteiger partial charge in [-0.1, -0.05) is 0 Å². The normalized spacial score (nSPS) is 33.1. The third kappa shape index (κ3) is 1.50. The first-order valence-electron chi connectivity index (χ1n) is 5.82. The Hall–Kier alpha value is -1.09. The molecule has 2 N–H and O–H groups in total.